The van der Waals surface area contributed by atoms with Crippen LogP contribution in [0.4, 0.5) is 13.2 Å². The maximum Gasteiger partial charge on any atom is 0.416 e. The zero-order valence-corrected chi connectivity index (χ0v) is 12.7. The first-order chi connectivity index (χ1) is 9.18. The summed E-state index contributed by atoms with van der Waals surface area (Å²) in [6.07, 6.45) is -4.56. The van der Waals surface area contributed by atoms with E-state index in [0.29, 0.717) is 9.85 Å². The highest BCUT2D eigenvalue weighted by atomic mass is 79.9. The molecule has 0 aliphatic rings. The van der Waals surface area contributed by atoms with E-state index in [1.165, 1.54) is 12.1 Å². The Morgan fingerprint density at radius 3 is 2.40 bits per heavy atom. The standard InChI is InChI=1S/C11H6BrF3O3S2/c12-9-4-5-10(19-9)20(16,17)18-8-3-1-2-7(6-8)11(13,14)15/h1-6H. The molecule has 9 heteroatoms. The summed E-state index contributed by atoms with van der Waals surface area (Å²) in [4.78, 5) is 0. The zero-order valence-electron chi connectivity index (χ0n) is 9.52. The van der Waals surface area contributed by atoms with Crippen molar-refractivity contribution in [2.45, 2.75) is 10.4 Å². The lowest BCUT2D eigenvalue weighted by molar-refractivity contribution is -0.137. The molecular weight excluding hydrogens is 381 g/mol. The Morgan fingerprint density at radius 2 is 1.85 bits per heavy atom. The van der Waals surface area contributed by atoms with Crippen LogP contribution in [0.1, 0.15) is 5.56 Å². The van der Waals surface area contributed by atoms with Gasteiger partial charge in [0.05, 0.1) is 9.35 Å². The third kappa shape index (κ3) is 3.53. The molecule has 1 heterocycles. The van der Waals surface area contributed by atoms with Gasteiger partial charge in [0.25, 0.3) is 0 Å². The molecule has 0 aliphatic heterocycles. The van der Waals surface area contributed by atoms with Gasteiger partial charge in [0.1, 0.15) is 5.75 Å². The first-order valence-electron chi connectivity index (χ1n) is 5.05. The largest absolute Gasteiger partial charge is 0.416 e. The molecule has 0 saturated heterocycles. The maximum absolute atomic E-state index is 12.5. The summed E-state index contributed by atoms with van der Waals surface area (Å²) in [5, 5.41) is 0. The number of hydrogen-bond acceptors (Lipinski definition) is 4. The van der Waals surface area contributed by atoms with Crippen LogP contribution in [-0.4, -0.2) is 8.42 Å². The van der Waals surface area contributed by atoms with Crippen molar-refractivity contribution in [1.29, 1.82) is 0 Å². The number of alkyl halides is 3. The molecule has 0 saturated carbocycles. The van der Waals surface area contributed by atoms with Gasteiger partial charge in [-0.15, -0.1) is 11.3 Å². The lowest BCUT2D eigenvalue weighted by atomic mass is 10.2. The molecule has 0 fully saturated rings. The monoisotopic (exact) mass is 386 g/mol. The van der Waals surface area contributed by atoms with Gasteiger partial charge < -0.3 is 4.18 Å². The van der Waals surface area contributed by atoms with Gasteiger partial charge in [0.15, 0.2) is 4.21 Å². The Hall–Kier alpha value is -1.06. The maximum atomic E-state index is 12.5. The van der Waals surface area contributed by atoms with Crippen molar-refractivity contribution in [3.8, 4) is 5.75 Å². The quantitative estimate of drug-likeness (QED) is 0.738. The minimum Gasteiger partial charge on any atom is -0.378 e. The van der Waals surface area contributed by atoms with E-state index in [4.69, 9.17) is 4.18 Å². The number of thiophene rings is 1. The van der Waals surface area contributed by atoms with E-state index in [-0.39, 0.29) is 9.96 Å². The summed E-state index contributed by atoms with van der Waals surface area (Å²) in [5.41, 5.74) is -0.974. The average Bonchev–Trinajstić information content (AvgIpc) is 2.75. The lowest BCUT2D eigenvalue weighted by Crippen LogP contribution is -2.09. The molecule has 108 valence electrons. The summed E-state index contributed by atoms with van der Waals surface area (Å²) >= 11 is 4.00. The van der Waals surface area contributed by atoms with Crippen molar-refractivity contribution in [2.24, 2.45) is 0 Å². The first kappa shape index (κ1) is 15.3. The van der Waals surface area contributed by atoms with Crippen LogP contribution in [0.3, 0.4) is 0 Å². The Kier molecular flexibility index (Phi) is 4.12. The SMILES string of the molecule is O=S(=O)(Oc1cccc(C(F)(F)F)c1)c1ccc(Br)s1. The van der Waals surface area contributed by atoms with Crippen LogP contribution in [0.2, 0.25) is 0 Å². The molecule has 0 aliphatic carbocycles. The summed E-state index contributed by atoms with van der Waals surface area (Å²) in [5.74, 6) is -0.385. The topological polar surface area (TPSA) is 43.4 Å². The van der Waals surface area contributed by atoms with Crippen LogP contribution in [-0.2, 0) is 16.3 Å². The van der Waals surface area contributed by atoms with Gasteiger partial charge >= 0.3 is 16.3 Å². The van der Waals surface area contributed by atoms with Crippen molar-refractivity contribution >= 4 is 37.4 Å². The molecule has 0 unspecified atom stereocenters. The van der Waals surface area contributed by atoms with Crippen LogP contribution in [0.5, 0.6) is 5.75 Å². The van der Waals surface area contributed by atoms with Crippen LogP contribution in [0.25, 0.3) is 0 Å². The third-order valence-electron chi connectivity index (χ3n) is 2.16. The van der Waals surface area contributed by atoms with Gasteiger partial charge in [-0.1, -0.05) is 6.07 Å². The second-order valence-corrected chi connectivity index (χ2v) is 7.86. The normalized spacial score (nSPS) is 12.4. The van der Waals surface area contributed by atoms with E-state index >= 15 is 0 Å². The number of rotatable bonds is 3. The zero-order chi connectivity index (χ0) is 15.0. The van der Waals surface area contributed by atoms with Gasteiger partial charge in [0.2, 0.25) is 0 Å². The van der Waals surface area contributed by atoms with Gasteiger partial charge in [-0.3, -0.25) is 0 Å². The number of halogens is 4. The molecule has 0 bridgehead atoms. The molecule has 0 spiro atoms. The fourth-order valence-electron chi connectivity index (χ4n) is 1.32. The van der Waals surface area contributed by atoms with Gasteiger partial charge in [-0.2, -0.15) is 21.6 Å². The van der Waals surface area contributed by atoms with Crippen molar-refractivity contribution in [2.75, 3.05) is 0 Å². The fraction of sp³-hybridized carbons (Fsp3) is 0.0909. The molecule has 3 nitrogen and oxygen atoms in total. The van der Waals surface area contributed by atoms with Crippen molar-refractivity contribution in [3.05, 3.63) is 45.7 Å². The van der Waals surface area contributed by atoms with Crippen molar-refractivity contribution < 1.29 is 25.8 Å². The smallest absolute Gasteiger partial charge is 0.378 e. The highest BCUT2D eigenvalue weighted by molar-refractivity contribution is 9.11. The van der Waals surface area contributed by atoms with Gasteiger partial charge in [-0.05, 0) is 46.3 Å². The third-order valence-corrected chi connectivity index (χ3v) is 5.48. The summed E-state index contributed by atoms with van der Waals surface area (Å²) < 4.78 is 66.5. The molecule has 1 aromatic carbocycles. The number of benzene rings is 1. The second kappa shape index (κ2) is 5.38. The van der Waals surface area contributed by atoms with Crippen LogP contribution in [0, 0.1) is 0 Å². The Labute approximate surface area is 125 Å². The highest BCUT2D eigenvalue weighted by Crippen LogP contribution is 2.33. The van der Waals surface area contributed by atoms with Crippen LogP contribution >= 0.6 is 27.3 Å². The predicted octanol–water partition coefficient (Wildman–Crippen LogP) is 4.30. The van der Waals surface area contributed by atoms with Gasteiger partial charge in [-0.25, -0.2) is 0 Å². The van der Waals surface area contributed by atoms with E-state index in [1.807, 2.05) is 0 Å². The van der Waals surface area contributed by atoms with Gasteiger partial charge in [0, 0.05) is 0 Å². The molecule has 0 N–H and O–H groups in total. The van der Waals surface area contributed by atoms with E-state index in [2.05, 4.69) is 15.9 Å². The Balaban J connectivity index is 2.31. The Bertz CT molecular complexity index is 723. The highest BCUT2D eigenvalue weighted by Gasteiger charge is 2.31. The molecule has 0 radical (unpaired) electrons. The van der Waals surface area contributed by atoms with Crippen LogP contribution < -0.4 is 4.18 Å². The molecule has 2 rings (SSSR count). The Morgan fingerprint density at radius 1 is 1.15 bits per heavy atom. The van der Waals surface area contributed by atoms with E-state index in [9.17, 15) is 21.6 Å². The molecule has 2 aromatic rings. The lowest BCUT2D eigenvalue weighted by Gasteiger charge is -2.09. The first-order valence-corrected chi connectivity index (χ1v) is 8.07. The van der Waals surface area contributed by atoms with Crippen molar-refractivity contribution in [3.63, 3.8) is 0 Å². The minimum absolute atomic E-state index is 0.0956. The second-order valence-electron chi connectivity index (χ2n) is 3.62. The average molecular weight is 387 g/mol. The molecule has 20 heavy (non-hydrogen) atoms. The minimum atomic E-state index is -4.56. The fourth-order valence-corrected chi connectivity index (χ4v) is 4.22. The molecular formula is C11H6BrF3O3S2. The van der Waals surface area contributed by atoms with E-state index < -0.39 is 21.9 Å². The van der Waals surface area contributed by atoms with Crippen LogP contribution in [0.15, 0.2) is 44.4 Å². The summed E-state index contributed by atoms with van der Waals surface area (Å²) in [7, 11) is -4.13. The summed E-state index contributed by atoms with van der Waals surface area (Å²) in [6, 6.07) is 6.51. The van der Waals surface area contributed by atoms with E-state index in [1.54, 1.807) is 0 Å². The molecule has 0 amide bonds. The van der Waals surface area contributed by atoms with Crippen molar-refractivity contribution in [1.82, 2.24) is 0 Å². The molecule has 0 atom stereocenters. The molecule has 1 aromatic heterocycles. The van der Waals surface area contributed by atoms with E-state index in [0.717, 1.165) is 29.5 Å². The summed E-state index contributed by atoms with van der Waals surface area (Å²) in [6.45, 7) is 0. The predicted molar refractivity (Wildman–Crippen MR) is 71.3 cm³/mol. The number of hydrogen-bond donors (Lipinski definition) is 0.